The quantitative estimate of drug-likeness (QED) is 0.502. The van der Waals surface area contributed by atoms with Gasteiger partial charge in [0.25, 0.3) is 5.91 Å². The molecule has 9 heteroatoms. The van der Waals surface area contributed by atoms with Gasteiger partial charge in [0.05, 0.1) is 33.1 Å². The van der Waals surface area contributed by atoms with Crippen molar-refractivity contribution in [2.75, 3.05) is 21.3 Å². The molecule has 0 spiro atoms. The van der Waals surface area contributed by atoms with Crippen molar-refractivity contribution >= 4 is 23.2 Å². The van der Waals surface area contributed by atoms with Crippen molar-refractivity contribution in [2.45, 2.75) is 6.54 Å². The van der Waals surface area contributed by atoms with Crippen LogP contribution in [0.4, 0.5) is 0 Å². The van der Waals surface area contributed by atoms with E-state index in [-0.39, 0.29) is 12.5 Å². The summed E-state index contributed by atoms with van der Waals surface area (Å²) in [6.45, 7) is 0.000915. The predicted octanol–water partition coefficient (Wildman–Crippen LogP) is 1.61. The average molecular weight is 369 g/mol. The number of fused-ring (bicyclic) bond motifs is 1. The fraction of sp³-hybridized carbons (Fsp3) is 0.222. The number of benzene rings is 2. The van der Waals surface area contributed by atoms with Gasteiger partial charge in [0.1, 0.15) is 17.8 Å². The molecule has 1 amide bonds. The number of hydrogen-bond acceptors (Lipinski definition) is 7. The maximum Gasteiger partial charge on any atom is 0.261 e. The Balaban J connectivity index is 1.70. The molecule has 3 aromatic rings. The molecule has 0 bridgehead atoms. The first-order valence-corrected chi connectivity index (χ1v) is 8.06. The first-order valence-electron chi connectivity index (χ1n) is 8.06. The maximum absolute atomic E-state index is 12.1. The second-order valence-electron chi connectivity index (χ2n) is 5.48. The van der Waals surface area contributed by atoms with Gasteiger partial charge in [-0.3, -0.25) is 4.79 Å². The normalized spacial score (nSPS) is 10.9. The Labute approximate surface area is 155 Å². The zero-order chi connectivity index (χ0) is 19.2. The highest BCUT2D eigenvalue weighted by molar-refractivity contribution is 5.87. The number of para-hydroxylation sites is 1. The molecule has 1 aromatic heterocycles. The van der Waals surface area contributed by atoms with E-state index in [0.29, 0.717) is 22.8 Å². The van der Waals surface area contributed by atoms with Gasteiger partial charge in [-0.2, -0.15) is 5.10 Å². The number of carbonyl (C=O) groups excluding carboxylic acids is 1. The molecule has 2 aromatic carbocycles. The van der Waals surface area contributed by atoms with Crippen LogP contribution >= 0.6 is 0 Å². The summed E-state index contributed by atoms with van der Waals surface area (Å²) in [6.07, 6.45) is 1.47. The minimum atomic E-state index is -0.332. The summed E-state index contributed by atoms with van der Waals surface area (Å²) in [5, 5.41) is 12.0. The molecule has 1 heterocycles. The van der Waals surface area contributed by atoms with Gasteiger partial charge < -0.3 is 14.2 Å². The largest absolute Gasteiger partial charge is 0.496 e. The van der Waals surface area contributed by atoms with Crippen LogP contribution in [-0.2, 0) is 11.3 Å². The smallest absolute Gasteiger partial charge is 0.261 e. The topological polar surface area (TPSA) is 99.9 Å². The average Bonchev–Trinajstić information content (AvgIpc) is 3.10. The fourth-order valence-corrected chi connectivity index (χ4v) is 2.53. The lowest BCUT2D eigenvalue weighted by atomic mass is 10.2. The molecule has 27 heavy (non-hydrogen) atoms. The fourth-order valence-electron chi connectivity index (χ4n) is 2.53. The second kappa shape index (κ2) is 8.17. The number of carbonyl (C=O) groups is 1. The number of nitrogens with one attached hydrogen (secondary N) is 1. The number of hydrazone groups is 1. The number of hydrogen-bond donors (Lipinski definition) is 1. The molecule has 140 valence electrons. The van der Waals surface area contributed by atoms with Crippen LogP contribution in [0.15, 0.2) is 41.5 Å². The van der Waals surface area contributed by atoms with Crippen LogP contribution in [0.3, 0.4) is 0 Å². The van der Waals surface area contributed by atoms with E-state index in [1.54, 1.807) is 19.2 Å². The van der Waals surface area contributed by atoms with E-state index in [2.05, 4.69) is 20.8 Å². The van der Waals surface area contributed by atoms with E-state index in [1.807, 2.05) is 24.3 Å². The highest BCUT2D eigenvalue weighted by atomic mass is 16.5. The summed E-state index contributed by atoms with van der Waals surface area (Å²) in [4.78, 5) is 12.1. The van der Waals surface area contributed by atoms with Crippen molar-refractivity contribution in [1.82, 2.24) is 20.4 Å². The molecule has 0 radical (unpaired) electrons. The van der Waals surface area contributed by atoms with E-state index in [1.165, 1.54) is 25.1 Å². The molecule has 0 aliphatic heterocycles. The lowest BCUT2D eigenvalue weighted by molar-refractivity contribution is -0.121. The lowest BCUT2D eigenvalue weighted by Gasteiger charge is -2.11. The van der Waals surface area contributed by atoms with Crippen LogP contribution < -0.4 is 19.6 Å². The first kappa shape index (κ1) is 18.2. The highest BCUT2D eigenvalue weighted by Crippen LogP contribution is 2.33. The molecule has 0 saturated heterocycles. The van der Waals surface area contributed by atoms with Gasteiger partial charge >= 0.3 is 0 Å². The molecule has 1 N–H and O–H groups in total. The molecule has 0 fully saturated rings. The summed E-state index contributed by atoms with van der Waals surface area (Å²) >= 11 is 0. The Morgan fingerprint density at radius 2 is 1.81 bits per heavy atom. The molecular formula is C18H19N5O4. The zero-order valence-electron chi connectivity index (χ0n) is 15.2. The molecular weight excluding hydrogens is 350 g/mol. The molecule has 0 saturated carbocycles. The van der Waals surface area contributed by atoms with Gasteiger partial charge in [-0.1, -0.05) is 17.3 Å². The van der Waals surface area contributed by atoms with Crippen molar-refractivity contribution < 1.29 is 19.0 Å². The van der Waals surface area contributed by atoms with Crippen LogP contribution in [-0.4, -0.2) is 48.4 Å². The number of nitrogens with zero attached hydrogens (tertiary/aromatic N) is 4. The van der Waals surface area contributed by atoms with Gasteiger partial charge in [0.2, 0.25) is 0 Å². The van der Waals surface area contributed by atoms with Crippen LogP contribution in [0, 0.1) is 0 Å². The monoisotopic (exact) mass is 369 g/mol. The summed E-state index contributed by atoms with van der Waals surface area (Å²) in [7, 11) is 4.61. The maximum atomic E-state index is 12.1. The molecule has 0 aliphatic carbocycles. The first-order chi connectivity index (χ1) is 13.2. The van der Waals surface area contributed by atoms with Crippen molar-refractivity contribution in [3.63, 3.8) is 0 Å². The predicted molar refractivity (Wildman–Crippen MR) is 99.4 cm³/mol. The van der Waals surface area contributed by atoms with Crippen LogP contribution in [0.5, 0.6) is 17.2 Å². The third-order valence-electron chi connectivity index (χ3n) is 3.84. The van der Waals surface area contributed by atoms with Crippen molar-refractivity contribution in [2.24, 2.45) is 5.10 Å². The number of aromatic nitrogens is 3. The Kier molecular flexibility index (Phi) is 5.50. The molecule has 0 aliphatic rings. The van der Waals surface area contributed by atoms with E-state index in [9.17, 15) is 4.79 Å². The van der Waals surface area contributed by atoms with E-state index in [0.717, 1.165) is 11.0 Å². The second-order valence-corrected chi connectivity index (χ2v) is 5.48. The summed E-state index contributed by atoms with van der Waals surface area (Å²) < 4.78 is 17.3. The Morgan fingerprint density at radius 3 is 2.56 bits per heavy atom. The number of rotatable bonds is 7. The highest BCUT2D eigenvalue weighted by Gasteiger charge is 2.11. The molecule has 0 atom stereocenters. The molecule has 9 nitrogen and oxygen atoms in total. The SMILES string of the molecule is COc1cc(OC)c(OC)cc1/C=N\NC(=O)Cn1nnc2ccccc21. The van der Waals surface area contributed by atoms with Crippen molar-refractivity contribution in [3.05, 3.63) is 42.0 Å². The van der Waals surface area contributed by atoms with Crippen LogP contribution in [0.2, 0.25) is 0 Å². The Morgan fingerprint density at radius 1 is 1.11 bits per heavy atom. The third-order valence-corrected chi connectivity index (χ3v) is 3.84. The lowest BCUT2D eigenvalue weighted by Crippen LogP contribution is -2.23. The standard InChI is InChI=1S/C18H19N5O4/c1-25-15-9-17(27-3)16(26-2)8-12(15)10-19-21-18(24)11-23-14-7-5-4-6-13(14)20-22-23/h4-10H,11H2,1-3H3,(H,21,24)/b19-10-. The van der Waals surface area contributed by atoms with E-state index in [4.69, 9.17) is 14.2 Å². The number of methoxy groups -OCH3 is 3. The number of ether oxygens (including phenoxy) is 3. The number of amides is 1. The van der Waals surface area contributed by atoms with Gasteiger partial charge in [-0.15, -0.1) is 5.10 Å². The van der Waals surface area contributed by atoms with Crippen molar-refractivity contribution in [3.8, 4) is 17.2 Å². The van der Waals surface area contributed by atoms with Crippen molar-refractivity contribution in [1.29, 1.82) is 0 Å². The van der Waals surface area contributed by atoms with Gasteiger partial charge in [0.15, 0.2) is 11.5 Å². The van der Waals surface area contributed by atoms with Gasteiger partial charge in [-0.25, -0.2) is 10.1 Å². The summed E-state index contributed by atoms with van der Waals surface area (Å²) in [6, 6.07) is 10.8. The van der Waals surface area contributed by atoms with Crippen LogP contribution in [0.1, 0.15) is 5.56 Å². The van der Waals surface area contributed by atoms with E-state index < -0.39 is 0 Å². The minimum Gasteiger partial charge on any atom is -0.496 e. The van der Waals surface area contributed by atoms with Crippen LogP contribution in [0.25, 0.3) is 11.0 Å². The van der Waals surface area contributed by atoms with E-state index >= 15 is 0 Å². The molecule has 3 rings (SSSR count). The van der Waals surface area contributed by atoms with Gasteiger partial charge in [0, 0.05) is 11.6 Å². The third kappa shape index (κ3) is 3.97. The zero-order valence-corrected chi connectivity index (χ0v) is 15.2. The van der Waals surface area contributed by atoms with Gasteiger partial charge in [-0.05, 0) is 18.2 Å². The Hall–Kier alpha value is -3.62. The summed E-state index contributed by atoms with van der Waals surface area (Å²) in [5.74, 6) is 1.27. The summed E-state index contributed by atoms with van der Waals surface area (Å²) in [5.41, 5.74) is 4.59. The molecule has 0 unspecified atom stereocenters. The Bertz CT molecular complexity index is 983. The minimum absolute atomic E-state index is 0.000915.